The third-order valence-electron chi connectivity index (χ3n) is 5.83. The SMILES string of the molecule is O=C(Nc1ccccc1)C1CCN(C2CC(=O)N(c3ccc(OC(F)(F)F)cc3)C2=O)CC1. The molecule has 2 fully saturated rings. The van der Waals surface area contributed by atoms with Crippen molar-refractivity contribution in [2.75, 3.05) is 23.3 Å². The van der Waals surface area contributed by atoms with Crippen LogP contribution < -0.4 is 15.0 Å². The van der Waals surface area contributed by atoms with Crippen LogP contribution in [0.2, 0.25) is 0 Å². The van der Waals surface area contributed by atoms with Crippen LogP contribution in [0.3, 0.4) is 0 Å². The average molecular weight is 461 g/mol. The number of para-hydroxylation sites is 1. The molecule has 2 aliphatic heterocycles. The van der Waals surface area contributed by atoms with E-state index < -0.39 is 30.0 Å². The molecule has 2 heterocycles. The fourth-order valence-corrected chi connectivity index (χ4v) is 4.21. The van der Waals surface area contributed by atoms with Gasteiger partial charge in [0.25, 0.3) is 5.91 Å². The number of rotatable bonds is 5. The number of likely N-dealkylation sites (tertiary alicyclic amines) is 1. The normalized spacial score (nSPS) is 20.2. The molecule has 4 rings (SSSR count). The minimum absolute atomic E-state index is 0.0134. The molecular weight excluding hydrogens is 439 g/mol. The zero-order valence-electron chi connectivity index (χ0n) is 17.5. The molecule has 1 unspecified atom stereocenters. The van der Waals surface area contributed by atoms with E-state index in [0.717, 1.165) is 22.7 Å². The molecule has 10 heteroatoms. The zero-order chi connectivity index (χ0) is 23.6. The van der Waals surface area contributed by atoms with Gasteiger partial charge < -0.3 is 10.1 Å². The molecule has 0 aromatic heterocycles. The summed E-state index contributed by atoms with van der Waals surface area (Å²) in [6.07, 6.45) is -3.73. The summed E-state index contributed by atoms with van der Waals surface area (Å²) < 4.78 is 40.8. The molecule has 7 nitrogen and oxygen atoms in total. The largest absolute Gasteiger partial charge is 0.573 e. The Morgan fingerprint density at radius 2 is 1.61 bits per heavy atom. The summed E-state index contributed by atoms with van der Waals surface area (Å²) in [7, 11) is 0. The molecular formula is C23H22F3N3O4. The second kappa shape index (κ2) is 9.22. The zero-order valence-corrected chi connectivity index (χ0v) is 17.5. The molecule has 0 radical (unpaired) electrons. The highest BCUT2D eigenvalue weighted by molar-refractivity contribution is 6.22. The summed E-state index contributed by atoms with van der Waals surface area (Å²) in [6.45, 7) is 0.978. The van der Waals surface area contributed by atoms with Gasteiger partial charge in [0.15, 0.2) is 0 Å². The molecule has 2 aromatic rings. The molecule has 2 saturated heterocycles. The molecule has 0 spiro atoms. The van der Waals surface area contributed by atoms with Gasteiger partial charge in [-0.15, -0.1) is 13.2 Å². The van der Waals surface area contributed by atoms with Crippen molar-refractivity contribution in [1.82, 2.24) is 4.90 Å². The van der Waals surface area contributed by atoms with Crippen LogP contribution >= 0.6 is 0 Å². The number of imide groups is 1. The number of alkyl halides is 3. The van der Waals surface area contributed by atoms with E-state index in [2.05, 4.69) is 10.1 Å². The van der Waals surface area contributed by atoms with Gasteiger partial charge in [-0.2, -0.15) is 0 Å². The monoisotopic (exact) mass is 461 g/mol. The van der Waals surface area contributed by atoms with Gasteiger partial charge in [0.1, 0.15) is 5.75 Å². The van der Waals surface area contributed by atoms with Gasteiger partial charge in [0.05, 0.1) is 18.2 Å². The Morgan fingerprint density at radius 1 is 0.970 bits per heavy atom. The maximum atomic E-state index is 13.0. The van der Waals surface area contributed by atoms with E-state index >= 15 is 0 Å². The van der Waals surface area contributed by atoms with Gasteiger partial charge in [-0.05, 0) is 62.3 Å². The number of carbonyl (C=O) groups is 3. The number of halogens is 3. The predicted octanol–water partition coefficient (Wildman–Crippen LogP) is 3.57. The molecule has 33 heavy (non-hydrogen) atoms. The fourth-order valence-electron chi connectivity index (χ4n) is 4.21. The molecule has 2 aliphatic rings. The van der Waals surface area contributed by atoms with Crippen molar-refractivity contribution in [3.05, 3.63) is 54.6 Å². The summed E-state index contributed by atoms with van der Waals surface area (Å²) >= 11 is 0. The van der Waals surface area contributed by atoms with Crippen LogP contribution in [0.15, 0.2) is 54.6 Å². The number of hydrogen-bond acceptors (Lipinski definition) is 5. The van der Waals surface area contributed by atoms with Crippen LogP contribution in [0, 0.1) is 5.92 Å². The van der Waals surface area contributed by atoms with Crippen LogP contribution in [0.1, 0.15) is 19.3 Å². The van der Waals surface area contributed by atoms with E-state index in [9.17, 15) is 27.6 Å². The highest BCUT2D eigenvalue weighted by Gasteiger charge is 2.44. The molecule has 0 saturated carbocycles. The lowest BCUT2D eigenvalue weighted by Gasteiger charge is -2.34. The molecule has 2 aromatic carbocycles. The third kappa shape index (κ3) is 5.33. The molecule has 1 atom stereocenters. The molecule has 1 N–H and O–H groups in total. The van der Waals surface area contributed by atoms with Crippen molar-refractivity contribution in [3.63, 3.8) is 0 Å². The first-order valence-corrected chi connectivity index (χ1v) is 10.5. The van der Waals surface area contributed by atoms with Crippen molar-refractivity contribution in [3.8, 4) is 5.75 Å². The van der Waals surface area contributed by atoms with Crippen molar-refractivity contribution >= 4 is 29.1 Å². The average Bonchev–Trinajstić information content (AvgIpc) is 3.08. The first kappa shape index (κ1) is 22.8. The first-order chi connectivity index (χ1) is 15.7. The summed E-state index contributed by atoms with van der Waals surface area (Å²) in [5.41, 5.74) is 0.919. The number of hydrogen-bond donors (Lipinski definition) is 1. The van der Waals surface area contributed by atoms with E-state index in [1.807, 2.05) is 35.2 Å². The lowest BCUT2D eigenvalue weighted by Crippen LogP contribution is -2.47. The number of amides is 3. The van der Waals surface area contributed by atoms with Gasteiger partial charge in [-0.3, -0.25) is 19.3 Å². The Morgan fingerprint density at radius 3 is 2.21 bits per heavy atom. The van der Waals surface area contributed by atoms with Crippen LogP contribution in [0.4, 0.5) is 24.5 Å². The van der Waals surface area contributed by atoms with Crippen LogP contribution in [0.25, 0.3) is 0 Å². The lowest BCUT2D eigenvalue weighted by atomic mass is 9.94. The summed E-state index contributed by atoms with van der Waals surface area (Å²) in [5, 5.41) is 2.89. The van der Waals surface area contributed by atoms with Crippen LogP contribution in [-0.4, -0.2) is 48.1 Å². The predicted molar refractivity (Wildman–Crippen MR) is 113 cm³/mol. The second-order valence-corrected chi connectivity index (χ2v) is 7.99. The van der Waals surface area contributed by atoms with E-state index in [1.165, 1.54) is 12.1 Å². The fraction of sp³-hybridized carbons (Fsp3) is 0.348. The van der Waals surface area contributed by atoms with Crippen molar-refractivity contribution in [1.29, 1.82) is 0 Å². The first-order valence-electron chi connectivity index (χ1n) is 10.5. The van der Waals surface area contributed by atoms with Crippen LogP contribution in [-0.2, 0) is 14.4 Å². The number of anilines is 2. The molecule has 3 amide bonds. The maximum Gasteiger partial charge on any atom is 0.573 e. The summed E-state index contributed by atoms with van der Waals surface area (Å²) in [4.78, 5) is 40.9. The smallest absolute Gasteiger partial charge is 0.406 e. The summed E-state index contributed by atoms with van der Waals surface area (Å²) in [6, 6.07) is 13.1. The van der Waals surface area contributed by atoms with Gasteiger partial charge in [0, 0.05) is 11.6 Å². The maximum absolute atomic E-state index is 13.0. The quantitative estimate of drug-likeness (QED) is 0.689. The lowest BCUT2D eigenvalue weighted by molar-refractivity contribution is -0.274. The second-order valence-electron chi connectivity index (χ2n) is 7.99. The van der Waals surface area contributed by atoms with E-state index in [0.29, 0.717) is 25.9 Å². The molecule has 0 aliphatic carbocycles. The molecule has 0 bridgehead atoms. The Balaban J connectivity index is 1.35. The van der Waals surface area contributed by atoms with Gasteiger partial charge in [0.2, 0.25) is 11.8 Å². The highest BCUT2D eigenvalue weighted by Crippen LogP contribution is 2.31. The third-order valence-corrected chi connectivity index (χ3v) is 5.83. The Bertz CT molecular complexity index is 1020. The standard InChI is InChI=1S/C23H22F3N3O4/c24-23(25,26)33-18-8-6-17(7-9-18)29-20(30)14-19(22(29)32)28-12-10-15(11-13-28)21(31)27-16-4-2-1-3-5-16/h1-9,15,19H,10-14H2,(H,27,31). The van der Waals surface area contributed by atoms with Gasteiger partial charge in [-0.1, -0.05) is 18.2 Å². The highest BCUT2D eigenvalue weighted by atomic mass is 19.4. The summed E-state index contributed by atoms with van der Waals surface area (Å²) in [5.74, 6) is -1.53. The van der Waals surface area contributed by atoms with E-state index in [1.54, 1.807) is 0 Å². The Hall–Kier alpha value is -3.40. The topological polar surface area (TPSA) is 79.0 Å². The number of nitrogens with one attached hydrogen (secondary N) is 1. The Kier molecular flexibility index (Phi) is 6.37. The van der Waals surface area contributed by atoms with Crippen molar-refractivity contribution in [2.24, 2.45) is 5.92 Å². The minimum atomic E-state index is -4.82. The number of nitrogens with zero attached hydrogens (tertiary/aromatic N) is 2. The minimum Gasteiger partial charge on any atom is -0.406 e. The number of ether oxygens (including phenoxy) is 1. The van der Waals surface area contributed by atoms with E-state index in [-0.39, 0.29) is 23.9 Å². The number of benzene rings is 2. The van der Waals surface area contributed by atoms with Crippen molar-refractivity contribution in [2.45, 2.75) is 31.7 Å². The van der Waals surface area contributed by atoms with Crippen molar-refractivity contribution < 1.29 is 32.3 Å². The van der Waals surface area contributed by atoms with Gasteiger partial charge >= 0.3 is 6.36 Å². The van der Waals surface area contributed by atoms with Crippen LogP contribution in [0.5, 0.6) is 5.75 Å². The van der Waals surface area contributed by atoms with Gasteiger partial charge in [-0.25, -0.2) is 4.90 Å². The van der Waals surface area contributed by atoms with E-state index in [4.69, 9.17) is 0 Å². The number of piperidine rings is 1. The molecule has 174 valence electrons. The number of carbonyl (C=O) groups excluding carboxylic acids is 3. The Labute approximate surface area is 188 Å².